The van der Waals surface area contributed by atoms with Crippen LogP contribution < -0.4 is 0 Å². The molecule has 0 aromatic rings. The Morgan fingerprint density at radius 3 is 1.04 bits per heavy atom. The molecule has 0 aromatic carbocycles. The van der Waals surface area contributed by atoms with Crippen molar-refractivity contribution in [2.75, 3.05) is 13.2 Å². The highest BCUT2D eigenvalue weighted by atomic mass is 16.6. The fraction of sp³-hybridized carbons (Fsp3) is 0.939. The first kappa shape index (κ1) is 53.4. The lowest BCUT2D eigenvalue weighted by Crippen LogP contribution is -2.30. The summed E-state index contributed by atoms with van der Waals surface area (Å²) in [5.41, 5.74) is 0. The first-order valence-electron chi connectivity index (χ1n) is 24.3. The van der Waals surface area contributed by atoms with Gasteiger partial charge >= 0.3 is 17.9 Å². The number of esters is 3. The molecule has 0 rings (SSSR count). The fourth-order valence-electron chi connectivity index (χ4n) is 7.25. The van der Waals surface area contributed by atoms with Crippen LogP contribution in [0.5, 0.6) is 0 Å². The number of hydrogen-bond donors (Lipinski definition) is 0. The SMILES string of the molecule is CCCCCCCCCC(=O)O[C@@H](COC(=O)CCCCCCCCCCCCCCCCC(C)CC)COC(=O)CCCCCCCCCCCC(C)C. The number of hydrogen-bond acceptors (Lipinski definition) is 6. The Kier molecular flexibility index (Phi) is 40.8. The highest BCUT2D eigenvalue weighted by Gasteiger charge is 2.19. The first-order valence-corrected chi connectivity index (χ1v) is 24.3. The zero-order valence-electron chi connectivity index (χ0n) is 37.6. The molecule has 0 spiro atoms. The lowest BCUT2D eigenvalue weighted by Gasteiger charge is -2.18. The number of carbonyl (C=O) groups is 3. The van der Waals surface area contributed by atoms with Gasteiger partial charge in [-0.1, -0.05) is 227 Å². The lowest BCUT2D eigenvalue weighted by atomic mass is 9.99. The lowest BCUT2D eigenvalue weighted by molar-refractivity contribution is -0.167. The smallest absolute Gasteiger partial charge is 0.306 e. The van der Waals surface area contributed by atoms with Gasteiger partial charge in [0.05, 0.1) is 0 Å². The van der Waals surface area contributed by atoms with Gasteiger partial charge < -0.3 is 14.2 Å². The molecule has 2 atom stereocenters. The van der Waals surface area contributed by atoms with E-state index in [-0.39, 0.29) is 31.1 Å². The van der Waals surface area contributed by atoms with Crippen molar-refractivity contribution in [3.63, 3.8) is 0 Å². The molecular weight excluding hydrogens is 685 g/mol. The summed E-state index contributed by atoms with van der Waals surface area (Å²) in [6.45, 7) is 11.3. The van der Waals surface area contributed by atoms with Crippen LogP contribution in [0.15, 0.2) is 0 Å². The minimum atomic E-state index is -0.759. The topological polar surface area (TPSA) is 78.9 Å². The van der Waals surface area contributed by atoms with Crippen LogP contribution in [0.4, 0.5) is 0 Å². The molecule has 6 nitrogen and oxygen atoms in total. The minimum Gasteiger partial charge on any atom is -0.462 e. The molecular formula is C49H94O6. The van der Waals surface area contributed by atoms with Gasteiger partial charge in [0, 0.05) is 19.3 Å². The highest BCUT2D eigenvalue weighted by molar-refractivity contribution is 5.71. The van der Waals surface area contributed by atoms with Gasteiger partial charge in [-0.2, -0.15) is 0 Å². The molecule has 0 bridgehead atoms. The zero-order valence-corrected chi connectivity index (χ0v) is 37.6. The molecule has 0 heterocycles. The molecule has 0 N–H and O–H groups in total. The summed E-state index contributed by atoms with van der Waals surface area (Å²) in [5.74, 6) is 0.844. The van der Waals surface area contributed by atoms with Crippen molar-refractivity contribution in [1.82, 2.24) is 0 Å². The fourth-order valence-corrected chi connectivity index (χ4v) is 7.25. The molecule has 0 aliphatic rings. The quantitative estimate of drug-likeness (QED) is 0.0348. The predicted octanol–water partition coefficient (Wildman–Crippen LogP) is 15.4. The standard InChI is InChI=1S/C49H94O6/c1-6-8-9-10-22-31-36-41-49(52)55-46(43-54-48(51)40-35-30-26-21-17-18-23-27-32-37-44(3)4)42-53-47(50)39-34-29-25-20-16-14-12-11-13-15-19-24-28-33-38-45(5)7-2/h44-46H,6-43H2,1-5H3/t45?,46-/m0/s1. The number of ether oxygens (including phenoxy) is 3. The molecule has 0 saturated carbocycles. The summed E-state index contributed by atoms with van der Waals surface area (Å²) in [6.07, 6.45) is 41.0. The van der Waals surface area contributed by atoms with E-state index in [9.17, 15) is 14.4 Å². The molecule has 0 aromatic heterocycles. The Morgan fingerprint density at radius 2 is 0.691 bits per heavy atom. The van der Waals surface area contributed by atoms with E-state index in [1.54, 1.807) is 0 Å². The van der Waals surface area contributed by atoms with Gasteiger partial charge in [0.2, 0.25) is 0 Å². The van der Waals surface area contributed by atoms with E-state index in [4.69, 9.17) is 14.2 Å². The Morgan fingerprint density at radius 1 is 0.382 bits per heavy atom. The average Bonchev–Trinajstić information content (AvgIpc) is 3.17. The van der Waals surface area contributed by atoms with Crippen molar-refractivity contribution in [1.29, 1.82) is 0 Å². The van der Waals surface area contributed by atoms with Crippen LogP contribution >= 0.6 is 0 Å². The summed E-state index contributed by atoms with van der Waals surface area (Å²) in [5, 5.41) is 0. The molecule has 326 valence electrons. The zero-order chi connectivity index (χ0) is 40.5. The van der Waals surface area contributed by atoms with E-state index < -0.39 is 6.10 Å². The maximum Gasteiger partial charge on any atom is 0.306 e. The third-order valence-electron chi connectivity index (χ3n) is 11.3. The van der Waals surface area contributed by atoms with E-state index in [0.29, 0.717) is 19.3 Å². The van der Waals surface area contributed by atoms with E-state index in [0.717, 1.165) is 69.6 Å². The van der Waals surface area contributed by atoms with E-state index >= 15 is 0 Å². The van der Waals surface area contributed by atoms with Crippen molar-refractivity contribution in [3.05, 3.63) is 0 Å². The normalized spacial score (nSPS) is 12.5. The third-order valence-corrected chi connectivity index (χ3v) is 11.3. The summed E-state index contributed by atoms with van der Waals surface area (Å²) < 4.78 is 16.7. The van der Waals surface area contributed by atoms with Crippen LogP contribution in [-0.4, -0.2) is 37.2 Å². The van der Waals surface area contributed by atoms with Crippen molar-refractivity contribution >= 4 is 17.9 Å². The van der Waals surface area contributed by atoms with Gasteiger partial charge in [-0.15, -0.1) is 0 Å². The van der Waals surface area contributed by atoms with E-state index in [2.05, 4.69) is 34.6 Å². The van der Waals surface area contributed by atoms with E-state index in [1.165, 1.54) is 154 Å². The molecule has 0 aliphatic carbocycles. The van der Waals surface area contributed by atoms with Crippen LogP contribution in [0.3, 0.4) is 0 Å². The van der Waals surface area contributed by atoms with Gasteiger partial charge in [-0.05, 0) is 31.1 Å². The van der Waals surface area contributed by atoms with Crippen LogP contribution in [-0.2, 0) is 28.6 Å². The average molecular weight is 779 g/mol. The molecule has 0 aliphatic heterocycles. The molecule has 55 heavy (non-hydrogen) atoms. The Balaban J connectivity index is 4.18. The minimum absolute atomic E-state index is 0.0649. The maximum absolute atomic E-state index is 12.6. The van der Waals surface area contributed by atoms with Gasteiger partial charge in [0.25, 0.3) is 0 Å². The van der Waals surface area contributed by atoms with Crippen molar-refractivity contribution in [2.45, 2.75) is 272 Å². The summed E-state index contributed by atoms with van der Waals surface area (Å²) in [6, 6.07) is 0. The number of carbonyl (C=O) groups excluding carboxylic acids is 3. The predicted molar refractivity (Wildman–Crippen MR) is 233 cm³/mol. The second kappa shape index (κ2) is 42.0. The first-order chi connectivity index (χ1) is 26.8. The van der Waals surface area contributed by atoms with E-state index in [1.807, 2.05) is 0 Å². The molecule has 0 amide bonds. The largest absolute Gasteiger partial charge is 0.462 e. The summed E-state index contributed by atoms with van der Waals surface area (Å²) >= 11 is 0. The van der Waals surface area contributed by atoms with Crippen molar-refractivity contribution in [2.24, 2.45) is 11.8 Å². The Hall–Kier alpha value is -1.59. The third kappa shape index (κ3) is 41.9. The second-order valence-corrected chi connectivity index (χ2v) is 17.5. The van der Waals surface area contributed by atoms with Crippen LogP contribution in [0.2, 0.25) is 0 Å². The van der Waals surface area contributed by atoms with Gasteiger partial charge in [0.15, 0.2) is 6.10 Å². The van der Waals surface area contributed by atoms with Gasteiger partial charge in [-0.25, -0.2) is 0 Å². The number of unbranched alkanes of at least 4 members (excludes halogenated alkanes) is 27. The van der Waals surface area contributed by atoms with Gasteiger partial charge in [0.1, 0.15) is 13.2 Å². The summed E-state index contributed by atoms with van der Waals surface area (Å²) in [4.78, 5) is 37.7. The molecule has 1 unspecified atom stereocenters. The van der Waals surface area contributed by atoms with Crippen LogP contribution in [0, 0.1) is 11.8 Å². The molecule has 0 radical (unpaired) electrons. The maximum atomic E-state index is 12.6. The molecule has 0 fully saturated rings. The Labute approximate surface area is 342 Å². The van der Waals surface area contributed by atoms with Crippen molar-refractivity contribution in [3.8, 4) is 0 Å². The number of rotatable bonds is 43. The van der Waals surface area contributed by atoms with Crippen molar-refractivity contribution < 1.29 is 28.6 Å². The monoisotopic (exact) mass is 779 g/mol. The van der Waals surface area contributed by atoms with Gasteiger partial charge in [-0.3, -0.25) is 14.4 Å². The second-order valence-electron chi connectivity index (χ2n) is 17.5. The van der Waals surface area contributed by atoms with Crippen LogP contribution in [0.1, 0.15) is 266 Å². The summed E-state index contributed by atoms with van der Waals surface area (Å²) in [7, 11) is 0. The highest BCUT2D eigenvalue weighted by Crippen LogP contribution is 2.17. The molecule has 0 saturated heterocycles. The Bertz CT molecular complexity index is 841. The van der Waals surface area contributed by atoms with Crippen LogP contribution in [0.25, 0.3) is 0 Å². The molecule has 6 heteroatoms.